The largest absolute Gasteiger partial charge is 0.172 e. The molecule has 0 aromatic rings. The Morgan fingerprint density at radius 3 is 2.14 bits per heavy atom. The Bertz CT molecular complexity index is 72.2. The third kappa shape index (κ3) is 2.75. The van der Waals surface area contributed by atoms with Crippen molar-refractivity contribution >= 4 is 12.6 Å². The Morgan fingerprint density at radius 2 is 2.14 bits per heavy atom. The minimum atomic E-state index is 0.421. The van der Waals surface area contributed by atoms with E-state index < -0.39 is 0 Å². The first kappa shape index (κ1) is 7.09. The highest BCUT2D eigenvalue weighted by molar-refractivity contribution is 7.81. The quantitative estimate of drug-likeness (QED) is 0.394. The van der Waals surface area contributed by atoms with Crippen LogP contribution < -0.4 is 0 Å². The third-order valence-corrected chi connectivity index (χ3v) is 1.52. The van der Waals surface area contributed by atoms with Crippen molar-refractivity contribution in [3.63, 3.8) is 0 Å². The van der Waals surface area contributed by atoms with Crippen LogP contribution in [0.4, 0.5) is 0 Å². The van der Waals surface area contributed by atoms with Crippen molar-refractivity contribution in [1.82, 2.24) is 0 Å². The van der Waals surface area contributed by atoms with Gasteiger partial charge in [0.25, 0.3) is 0 Å². The van der Waals surface area contributed by atoms with Gasteiger partial charge in [-0.05, 0) is 20.8 Å². The van der Waals surface area contributed by atoms with E-state index >= 15 is 0 Å². The molecule has 0 N–H and O–H groups in total. The van der Waals surface area contributed by atoms with Crippen LogP contribution in [0.1, 0.15) is 20.8 Å². The molecule has 1 atom stereocenters. The molecule has 1 heteroatoms. The summed E-state index contributed by atoms with van der Waals surface area (Å²) in [6, 6.07) is 0. The number of hydrogen-bond acceptors (Lipinski definition) is 1. The first-order valence-electron chi connectivity index (χ1n) is 2.49. The fraction of sp³-hybridized carbons (Fsp3) is 0.667. The molecular formula is C6H12S. The van der Waals surface area contributed by atoms with Crippen LogP contribution in [0.25, 0.3) is 0 Å². The Balaban J connectivity index is 3.56. The van der Waals surface area contributed by atoms with Crippen molar-refractivity contribution in [2.24, 2.45) is 0 Å². The molecule has 42 valence electrons. The van der Waals surface area contributed by atoms with Crippen LogP contribution in [0.5, 0.6) is 0 Å². The normalized spacial score (nSPS) is 16.9. The van der Waals surface area contributed by atoms with Gasteiger partial charge in [-0.25, -0.2) is 0 Å². The molecule has 1 unspecified atom stereocenters. The van der Waals surface area contributed by atoms with E-state index in [1.54, 1.807) is 0 Å². The summed E-state index contributed by atoms with van der Waals surface area (Å²) in [7, 11) is 0. The lowest BCUT2D eigenvalue weighted by Crippen LogP contribution is -1.89. The zero-order valence-electron chi connectivity index (χ0n) is 5.10. The number of rotatable bonds is 1. The van der Waals surface area contributed by atoms with Gasteiger partial charge >= 0.3 is 0 Å². The molecule has 0 amide bonds. The molecule has 0 aromatic carbocycles. The summed E-state index contributed by atoms with van der Waals surface area (Å²) < 4.78 is 0. The minimum Gasteiger partial charge on any atom is -0.172 e. The van der Waals surface area contributed by atoms with Crippen molar-refractivity contribution in [3.8, 4) is 0 Å². The van der Waals surface area contributed by atoms with E-state index in [0.29, 0.717) is 5.25 Å². The molecule has 0 spiro atoms. The second-order valence-corrected chi connectivity index (χ2v) is 2.48. The molecule has 0 saturated carbocycles. The van der Waals surface area contributed by atoms with Crippen molar-refractivity contribution in [2.45, 2.75) is 26.0 Å². The predicted molar refractivity (Wildman–Crippen MR) is 37.9 cm³/mol. The standard InChI is InChI=1S/C6H12S/c1-4-5(2)6(3)7/h4,6-7H,1-3H3. The van der Waals surface area contributed by atoms with Crippen molar-refractivity contribution < 1.29 is 0 Å². The van der Waals surface area contributed by atoms with Gasteiger partial charge in [0, 0.05) is 5.25 Å². The van der Waals surface area contributed by atoms with Gasteiger partial charge in [0.05, 0.1) is 0 Å². The molecule has 0 aliphatic heterocycles. The molecule has 0 aromatic heterocycles. The van der Waals surface area contributed by atoms with E-state index in [0.717, 1.165) is 0 Å². The highest BCUT2D eigenvalue weighted by Gasteiger charge is 1.91. The van der Waals surface area contributed by atoms with E-state index in [2.05, 4.69) is 32.6 Å². The summed E-state index contributed by atoms with van der Waals surface area (Å²) in [5, 5.41) is 0.421. The van der Waals surface area contributed by atoms with E-state index in [1.165, 1.54) is 5.57 Å². The van der Waals surface area contributed by atoms with Gasteiger partial charge in [0.2, 0.25) is 0 Å². The summed E-state index contributed by atoms with van der Waals surface area (Å²) in [6.07, 6.45) is 2.08. The average molecular weight is 116 g/mol. The Morgan fingerprint density at radius 1 is 1.71 bits per heavy atom. The fourth-order valence-corrected chi connectivity index (χ4v) is 0.390. The van der Waals surface area contributed by atoms with Crippen LogP contribution in [0.2, 0.25) is 0 Å². The molecule has 0 saturated heterocycles. The molecular weight excluding hydrogens is 104 g/mol. The van der Waals surface area contributed by atoms with Gasteiger partial charge in [-0.3, -0.25) is 0 Å². The second kappa shape index (κ2) is 3.14. The van der Waals surface area contributed by atoms with Crippen molar-refractivity contribution in [3.05, 3.63) is 11.6 Å². The average Bonchev–Trinajstić information content (AvgIpc) is 1.65. The lowest BCUT2D eigenvalue weighted by atomic mass is 10.2. The molecule has 0 aliphatic rings. The van der Waals surface area contributed by atoms with Crippen LogP contribution in [-0.2, 0) is 0 Å². The number of hydrogen-bond donors (Lipinski definition) is 1. The smallest absolute Gasteiger partial charge is 0.0195 e. The predicted octanol–water partition coefficient (Wildman–Crippen LogP) is 2.27. The van der Waals surface area contributed by atoms with E-state index in [-0.39, 0.29) is 0 Å². The van der Waals surface area contributed by atoms with Gasteiger partial charge in [-0.2, -0.15) is 12.6 Å². The molecule has 0 radical (unpaired) electrons. The zero-order chi connectivity index (χ0) is 5.86. The van der Waals surface area contributed by atoms with Crippen molar-refractivity contribution in [2.75, 3.05) is 0 Å². The summed E-state index contributed by atoms with van der Waals surface area (Å²) >= 11 is 4.20. The fourth-order valence-electron chi connectivity index (χ4n) is 0.241. The number of thiol groups is 1. The van der Waals surface area contributed by atoms with Gasteiger partial charge in [-0.15, -0.1) is 0 Å². The van der Waals surface area contributed by atoms with Crippen LogP contribution in [0, 0.1) is 0 Å². The third-order valence-electron chi connectivity index (χ3n) is 1.11. The van der Waals surface area contributed by atoms with Gasteiger partial charge in [0.1, 0.15) is 0 Å². The van der Waals surface area contributed by atoms with E-state index in [4.69, 9.17) is 0 Å². The van der Waals surface area contributed by atoms with Crippen LogP contribution >= 0.6 is 12.6 Å². The number of allylic oxidation sites excluding steroid dienone is 1. The van der Waals surface area contributed by atoms with Gasteiger partial charge < -0.3 is 0 Å². The van der Waals surface area contributed by atoms with Crippen LogP contribution in [0.15, 0.2) is 11.6 Å². The summed E-state index contributed by atoms with van der Waals surface area (Å²) in [5.41, 5.74) is 1.34. The molecule has 0 heterocycles. The molecule has 0 fully saturated rings. The van der Waals surface area contributed by atoms with E-state index in [1.807, 2.05) is 6.92 Å². The first-order chi connectivity index (χ1) is 3.18. The molecule has 0 nitrogen and oxygen atoms in total. The molecule has 0 aliphatic carbocycles. The summed E-state index contributed by atoms with van der Waals surface area (Å²) in [5.74, 6) is 0. The van der Waals surface area contributed by atoms with Gasteiger partial charge in [0.15, 0.2) is 0 Å². The Hall–Kier alpha value is 0.0900. The highest BCUT2D eigenvalue weighted by atomic mass is 32.1. The summed E-state index contributed by atoms with van der Waals surface area (Å²) in [4.78, 5) is 0. The maximum absolute atomic E-state index is 4.20. The zero-order valence-corrected chi connectivity index (χ0v) is 6.00. The lowest BCUT2D eigenvalue weighted by molar-refractivity contribution is 1.12. The topological polar surface area (TPSA) is 0 Å². The Labute approximate surface area is 51.0 Å². The van der Waals surface area contributed by atoms with Crippen LogP contribution in [0.3, 0.4) is 0 Å². The summed E-state index contributed by atoms with van der Waals surface area (Å²) in [6.45, 7) is 6.18. The SMILES string of the molecule is CC=C(C)C(C)S. The van der Waals surface area contributed by atoms with Crippen LogP contribution in [-0.4, -0.2) is 5.25 Å². The van der Waals surface area contributed by atoms with Gasteiger partial charge in [-0.1, -0.05) is 11.6 Å². The highest BCUT2D eigenvalue weighted by Crippen LogP contribution is 2.05. The molecule has 0 bridgehead atoms. The maximum atomic E-state index is 4.20. The van der Waals surface area contributed by atoms with E-state index in [9.17, 15) is 0 Å². The maximum Gasteiger partial charge on any atom is 0.0195 e. The molecule has 0 rings (SSSR count). The lowest BCUT2D eigenvalue weighted by Gasteiger charge is -1.99. The molecule has 7 heavy (non-hydrogen) atoms. The Kier molecular flexibility index (Phi) is 3.18. The minimum absolute atomic E-state index is 0.421. The first-order valence-corrected chi connectivity index (χ1v) is 3.01. The monoisotopic (exact) mass is 116 g/mol. The second-order valence-electron chi connectivity index (χ2n) is 1.71. The van der Waals surface area contributed by atoms with Crippen molar-refractivity contribution in [1.29, 1.82) is 0 Å².